The summed E-state index contributed by atoms with van der Waals surface area (Å²) < 4.78 is 22.9. The molecule has 40 heavy (non-hydrogen) atoms. The first-order chi connectivity index (χ1) is 18.7. The van der Waals surface area contributed by atoms with Gasteiger partial charge in [0.2, 0.25) is 0 Å². The Morgan fingerprint density at radius 1 is 0.900 bits per heavy atom. The summed E-state index contributed by atoms with van der Waals surface area (Å²) in [6, 6.07) is -4.08. The largest absolute Gasteiger partial charge is 0.394 e. The molecule has 3 rings (SSSR count). The number of hydrogen-bond donors (Lipinski definition) is 12. The molecule has 16 N–H and O–H groups in total. The molecule has 1 aliphatic carbocycles. The van der Waals surface area contributed by atoms with Crippen LogP contribution in [-0.4, -0.2) is 159 Å². The highest BCUT2D eigenvalue weighted by Gasteiger charge is 2.60. The van der Waals surface area contributed by atoms with Gasteiger partial charge in [-0.1, -0.05) is 0 Å². The van der Waals surface area contributed by atoms with E-state index >= 15 is 0 Å². The van der Waals surface area contributed by atoms with Crippen LogP contribution in [0.5, 0.6) is 0 Å². The highest BCUT2D eigenvalue weighted by molar-refractivity contribution is 5.76. The summed E-state index contributed by atoms with van der Waals surface area (Å²) in [5, 5.41) is 76.6. The Balaban J connectivity index is 1.96. The molecule has 15 atom stereocenters. The molecular weight excluding hydrogens is 542 g/mol. The number of ether oxygens (including phenoxy) is 4. The van der Waals surface area contributed by atoms with Crippen molar-refractivity contribution in [1.82, 2.24) is 5.32 Å². The number of rotatable bonds is 9. The molecule has 2 aliphatic heterocycles. The zero-order valence-corrected chi connectivity index (χ0v) is 21.7. The maximum atomic E-state index is 12.1. The molecular formula is C21H39N7O12. The van der Waals surface area contributed by atoms with E-state index in [-0.39, 0.29) is 6.29 Å². The van der Waals surface area contributed by atoms with Gasteiger partial charge in [0, 0.05) is 0 Å². The minimum atomic E-state index is -2.38. The number of hydrogen-bond acceptors (Lipinski definition) is 15. The van der Waals surface area contributed by atoms with Crippen molar-refractivity contribution in [2.45, 2.75) is 98.2 Å². The average Bonchev–Trinajstić information content (AvgIpc) is 3.13. The normalized spacial score (nSPS) is 47.4. The van der Waals surface area contributed by atoms with Gasteiger partial charge in [0.25, 0.3) is 0 Å². The van der Waals surface area contributed by atoms with Crippen LogP contribution in [0.4, 0.5) is 0 Å². The van der Waals surface area contributed by atoms with Gasteiger partial charge in [-0.3, -0.25) is 4.79 Å². The van der Waals surface area contributed by atoms with Crippen LogP contribution in [0.2, 0.25) is 0 Å². The zero-order valence-electron chi connectivity index (χ0n) is 21.7. The molecule has 0 radical (unpaired) electrons. The molecule has 0 bridgehead atoms. The second-order valence-electron chi connectivity index (χ2n) is 9.89. The third-order valence-electron chi connectivity index (χ3n) is 7.34. The Kier molecular flexibility index (Phi) is 10.2. The van der Waals surface area contributed by atoms with Crippen molar-refractivity contribution in [2.24, 2.45) is 32.9 Å². The van der Waals surface area contributed by atoms with Crippen LogP contribution < -0.4 is 28.3 Å². The lowest BCUT2D eigenvalue weighted by Crippen LogP contribution is -2.66. The summed E-state index contributed by atoms with van der Waals surface area (Å²) in [7, 11) is 1.42. The third-order valence-corrected chi connectivity index (χ3v) is 7.34. The molecule has 0 aromatic heterocycles. The van der Waals surface area contributed by atoms with E-state index in [2.05, 4.69) is 15.3 Å². The van der Waals surface area contributed by atoms with Crippen molar-refractivity contribution >= 4 is 18.2 Å². The number of carbonyl (C=O) groups excluding carboxylic acids is 1. The highest BCUT2D eigenvalue weighted by atomic mass is 16.8. The summed E-state index contributed by atoms with van der Waals surface area (Å²) in [6.07, 6.45) is -17.3. The first kappa shape index (κ1) is 32.2. The molecule has 2 saturated heterocycles. The Bertz CT molecular complexity index is 940. The SMILES string of the molecule is CN[C@@H]1[C@H](O[C@@H]2[C@H](O[C@H]3[C@H](O)[C@@H](O)[C@@H](N=C(N)N)[C@@H](O)[C@@H]3N=C(N)N)O[C@@H](C)[C@]2(O)C=O)O[C@@H](CO)[C@H](O)[C@H]1O. The highest BCUT2D eigenvalue weighted by Crippen LogP contribution is 2.38. The number of nitrogens with two attached hydrogens (primary N) is 4. The molecule has 3 aliphatic rings. The number of aliphatic hydroxyl groups is 7. The Morgan fingerprint density at radius 3 is 2.02 bits per heavy atom. The summed E-state index contributed by atoms with van der Waals surface area (Å²) in [5.41, 5.74) is 19.4. The van der Waals surface area contributed by atoms with Gasteiger partial charge in [0.1, 0.15) is 60.9 Å². The molecule has 0 unspecified atom stereocenters. The van der Waals surface area contributed by atoms with Crippen LogP contribution in [0, 0.1) is 0 Å². The Morgan fingerprint density at radius 2 is 1.50 bits per heavy atom. The van der Waals surface area contributed by atoms with E-state index < -0.39 is 110 Å². The van der Waals surface area contributed by atoms with Crippen molar-refractivity contribution in [3.8, 4) is 0 Å². The number of aliphatic hydroxyl groups excluding tert-OH is 6. The number of guanidine groups is 2. The molecule has 0 aromatic carbocycles. The number of nitrogens with zero attached hydrogens (tertiary/aromatic N) is 2. The van der Waals surface area contributed by atoms with Crippen LogP contribution in [0.25, 0.3) is 0 Å². The van der Waals surface area contributed by atoms with Crippen molar-refractivity contribution in [3.63, 3.8) is 0 Å². The minimum absolute atomic E-state index is 0.140. The standard InChI is InChI=1S/C21H39N7O12/c1-5-21(36,4-30)16(40-17-9(26-2)13(34)10(31)6(3-29)38-17)18(37-5)39-15-8(28-20(24)25)11(32)7(27-19(22)23)12(33)14(15)35/h4-18,26,29,31-36H,3H2,1-2H3,(H4,22,23,27)(H4,24,25,28)/t5-,6-,7-,8-,9-,10-,11+,12-,13-,14+,15+,16+,17-,18-,21+/m0/s1. The van der Waals surface area contributed by atoms with Crippen LogP contribution in [-0.2, 0) is 23.7 Å². The Hall–Kier alpha value is -2.27. The van der Waals surface area contributed by atoms with Crippen molar-refractivity contribution < 1.29 is 59.5 Å². The maximum absolute atomic E-state index is 12.1. The first-order valence-corrected chi connectivity index (χ1v) is 12.4. The second kappa shape index (κ2) is 12.7. The fourth-order valence-electron chi connectivity index (χ4n) is 5.08. The van der Waals surface area contributed by atoms with Crippen LogP contribution >= 0.6 is 0 Å². The fourth-order valence-corrected chi connectivity index (χ4v) is 5.08. The lowest BCUT2D eigenvalue weighted by molar-refractivity contribution is -0.314. The first-order valence-electron chi connectivity index (χ1n) is 12.4. The predicted octanol–water partition coefficient (Wildman–Crippen LogP) is -8.16. The van der Waals surface area contributed by atoms with Gasteiger partial charge < -0.3 is 82.9 Å². The number of likely N-dealkylation sites (N-methyl/N-ethyl adjacent to an activating group) is 1. The van der Waals surface area contributed by atoms with E-state index in [0.29, 0.717) is 0 Å². The molecule has 19 heteroatoms. The summed E-state index contributed by atoms with van der Waals surface area (Å²) in [4.78, 5) is 19.7. The summed E-state index contributed by atoms with van der Waals surface area (Å²) in [6.45, 7) is 0.620. The van der Waals surface area contributed by atoms with E-state index in [1.54, 1.807) is 0 Å². The van der Waals surface area contributed by atoms with E-state index in [0.717, 1.165) is 0 Å². The summed E-state index contributed by atoms with van der Waals surface area (Å²) >= 11 is 0. The van der Waals surface area contributed by atoms with Crippen LogP contribution in [0.15, 0.2) is 9.98 Å². The zero-order chi connectivity index (χ0) is 30.1. The maximum Gasteiger partial charge on any atom is 0.188 e. The summed E-state index contributed by atoms with van der Waals surface area (Å²) in [5.74, 6) is -1.03. The van der Waals surface area contributed by atoms with Gasteiger partial charge in [0.15, 0.2) is 36.4 Å². The molecule has 2 heterocycles. The molecule has 1 saturated carbocycles. The fraction of sp³-hybridized carbons (Fsp3) is 0.857. The number of nitrogens with one attached hydrogen (secondary N) is 1. The predicted molar refractivity (Wildman–Crippen MR) is 133 cm³/mol. The number of carbonyl (C=O) groups is 1. The smallest absolute Gasteiger partial charge is 0.188 e. The average molecular weight is 582 g/mol. The van der Waals surface area contributed by atoms with Crippen LogP contribution in [0.1, 0.15) is 6.92 Å². The van der Waals surface area contributed by atoms with Crippen molar-refractivity contribution in [3.05, 3.63) is 0 Å². The monoisotopic (exact) mass is 581 g/mol. The topological polar surface area (TPSA) is 336 Å². The molecule has 0 spiro atoms. The molecule has 0 amide bonds. The van der Waals surface area contributed by atoms with E-state index in [1.807, 2.05) is 0 Å². The number of aliphatic imine (C=N–C) groups is 2. The van der Waals surface area contributed by atoms with Crippen molar-refractivity contribution in [1.29, 1.82) is 0 Å². The lowest BCUT2D eigenvalue weighted by atomic mass is 9.81. The molecule has 230 valence electrons. The molecule has 3 fully saturated rings. The van der Waals surface area contributed by atoms with E-state index in [4.69, 9.17) is 41.9 Å². The molecule has 0 aromatic rings. The third kappa shape index (κ3) is 6.00. The quantitative estimate of drug-likeness (QED) is 0.0682. The Labute approximate surface area is 228 Å². The minimum Gasteiger partial charge on any atom is -0.394 e. The second-order valence-corrected chi connectivity index (χ2v) is 9.89. The lowest BCUT2D eigenvalue weighted by Gasteiger charge is -2.45. The van der Waals surface area contributed by atoms with Gasteiger partial charge in [-0.25, -0.2) is 9.98 Å². The van der Waals surface area contributed by atoms with Gasteiger partial charge in [-0.05, 0) is 14.0 Å². The van der Waals surface area contributed by atoms with E-state index in [9.17, 15) is 40.5 Å². The van der Waals surface area contributed by atoms with Gasteiger partial charge in [0.05, 0.1) is 18.8 Å². The van der Waals surface area contributed by atoms with Gasteiger partial charge in [-0.15, -0.1) is 0 Å². The van der Waals surface area contributed by atoms with Gasteiger partial charge in [-0.2, -0.15) is 0 Å². The number of aldehydes is 1. The van der Waals surface area contributed by atoms with E-state index in [1.165, 1.54) is 14.0 Å². The van der Waals surface area contributed by atoms with Gasteiger partial charge >= 0.3 is 0 Å². The van der Waals surface area contributed by atoms with Crippen LogP contribution in [0.3, 0.4) is 0 Å². The molecule has 19 nitrogen and oxygen atoms in total. The van der Waals surface area contributed by atoms with Crippen molar-refractivity contribution in [2.75, 3.05) is 13.7 Å².